The largest absolute Gasteiger partial charge is 0.424 e. The van der Waals surface area contributed by atoms with E-state index in [1.54, 1.807) is 6.07 Å². The maximum Gasteiger partial charge on any atom is 0.412 e. The molecular formula is C8H10NO4PS3. The predicted octanol–water partition coefficient (Wildman–Crippen LogP) is 4.00. The second-order valence-electron chi connectivity index (χ2n) is 2.68. The molecule has 94 valence electrons. The van der Waals surface area contributed by atoms with Crippen molar-refractivity contribution in [2.75, 3.05) is 14.2 Å². The van der Waals surface area contributed by atoms with Crippen LogP contribution in [-0.4, -0.2) is 14.2 Å². The maximum absolute atomic E-state index is 12.2. The van der Waals surface area contributed by atoms with Crippen LogP contribution in [0.25, 0.3) is 0 Å². The van der Waals surface area contributed by atoms with Crippen molar-refractivity contribution in [3.05, 3.63) is 15.8 Å². The van der Waals surface area contributed by atoms with E-state index in [1.807, 2.05) is 13.0 Å². The van der Waals surface area contributed by atoms with Crippen molar-refractivity contribution in [2.24, 2.45) is 0 Å². The molecule has 1 aromatic heterocycles. The Balaban J connectivity index is 2.93. The van der Waals surface area contributed by atoms with E-state index in [0.717, 1.165) is 4.88 Å². The van der Waals surface area contributed by atoms with Gasteiger partial charge < -0.3 is 12.9 Å². The molecule has 9 heteroatoms. The Morgan fingerprint density at radius 3 is 2.47 bits per heavy atom. The number of nitrogens with zero attached hydrogens (tertiary/aromatic N) is 1. The first-order chi connectivity index (χ1) is 8.04. The van der Waals surface area contributed by atoms with E-state index in [-0.39, 0.29) is 0 Å². The van der Waals surface area contributed by atoms with Crippen molar-refractivity contribution in [3.63, 3.8) is 0 Å². The summed E-state index contributed by atoms with van der Waals surface area (Å²) in [6, 6.07) is 3.66. The SMILES string of the molecule is COSP(=O)(Oc1cc(C)sc1C#N)SOC. The van der Waals surface area contributed by atoms with E-state index in [2.05, 4.69) is 0 Å². The fourth-order valence-corrected chi connectivity index (χ4v) is 5.77. The highest BCUT2D eigenvalue weighted by molar-refractivity contribution is 8.87. The summed E-state index contributed by atoms with van der Waals surface area (Å²) in [7, 11) is 2.78. The molecule has 1 rings (SSSR count). The van der Waals surface area contributed by atoms with Crippen molar-refractivity contribution in [2.45, 2.75) is 6.92 Å². The van der Waals surface area contributed by atoms with E-state index >= 15 is 0 Å². The van der Waals surface area contributed by atoms with Crippen LogP contribution < -0.4 is 4.52 Å². The van der Waals surface area contributed by atoms with Gasteiger partial charge in [0.2, 0.25) is 0 Å². The van der Waals surface area contributed by atoms with Gasteiger partial charge in [0.05, 0.1) is 14.2 Å². The van der Waals surface area contributed by atoms with Gasteiger partial charge in [0.1, 0.15) is 34.3 Å². The Labute approximate surface area is 112 Å². The number of hydrogen-bond acceptors (Lipinski definition) is 8. The number of aryl methyl sites for hydroxylation is 1. The Morgan fingerprint density at radius 1 is 1.41 bits per heavy atom. The topological polar surface area (TPSA) is 68.5 Å². The summed E-state index contributed by atoms with van der Waals surface area (Å²) in [5, 5.41) is 8.90. The van der Waals surface area contributed by atoms with Crippen LogP contribution in [0.4, 0.5) is 0 Å². The lowest BCUT2D eigenvalue weighted by molar-refractivity contribution is 0.471. The van der Waals surface area contributed by atoms with Gasteiger partial charge >= 0.3 is 5.77 Å². The van der Waals surface area contributed by atoms with Crippen LogP contribution in [-0.2, 0) is 12.9 Å². The van der Waals surface area contributed by atoms with Gasteiger partial charge in [0.15, 0.2) is 5.75 Å². The lowest BCUT2D eigenvalue weighted by Gasteiger charge is -2.13. The van der Waals surface area contributed by atoms with Crippen molar-refractivity contribution in [1.29, 1.82) is 5.26 Å². The van der Waals surface area contributed by atoms with E-state index < -0.39 is 5.77 Å². The molecule has 0 unspecified atom stereocenters. The minimum atomic E-state index is -3.22. The third-order valence-electron chi connectivity index (χ3n) is 1.46. The second-order valence-corrected chi connectivity index (χ2v) is 10.5. The lowest BCUT2D eigenvalue weighted by atomic mass is 10.4. The summed E-state index contributed by atoms with van der Waals surface area (Å²) < 4.78 is 27.1. The highest BCUT2D eigenvalue weighted by Gasteiger charge is 2.30. The average Bonchev–Trinajstić information content (AvgIpc) is 2.58. The van der Waals surface area contributed by atoms with Crippen molar-refractivity contribution in [3.8, 4) is 11.8 Å². The zero-order valence-corrected chi connectivity index (χ0v) is 12.7. The Kier molecular flexibility index (Phi) is 5.86. The highest BCUT2D eigenvalue weighted by Crippen LogP contribution is 2.69. The smallest absolute Gasteiger partial charge is 0.412 e. The Hall–Kier alpha value is -0.160. The molecule has 0 spiro atoms. The monoisotopic (exact) mass is 311 g/mol. The number of hydrogen-bond donors (Lipinski definition) is 0. The van der Waals surface area contributed by atoms with Crippen LogP contribution in [0.3, 0.4) is 0 Å². The molecular weight excluding hydrogens is 301 g/mol. The van der Waals surface area contributed by atoms with Crippen LogP contribution in [0, 0.1) is 18.3 Å². The molecule has 0 aliphatic rings. The summed E-state index contributed by atoms with van der Waals surface area (Å²) in [6.07, 6.45) is 0. The normalized spacial score (nSPS) is 11.2. The molecule has 0 atom stereocenters. The minimum Gasteiger partial charge on any atom is -0.424 e. The molecule has 0 radical (unpaired) electrons. The van der Waals surface area contributed by atoms with Crippen molar-refractivity contribution >= 4 is 40.4 Å². The standard InChI is InChI=1S/C8H10NO4PS3/c1-6-4-7(8(5-9)15-6)13-14(10,16-11-2)17-12-3/h4H,1-3H3. The Bertz CT molecular complexity index is 460. The molecule has 0 aromatic carbocycles. The first-order valence-corrected chi connectivity index (χ1v) is 9.43. The van der Waals surface area contributed by atoms with Gasteiger partial charge in [-0.25, -0.2) is 4.57 Å². The maximum atomic E-state index is 12.2. The zero-order chi connectivity index (χ0) is 12.9. The average molecular weight is 311 g/mol. The van der Waals surface area contributed by atoms with E-state index in [1.165, 1.54) is 25.6 Å². The molecule has 1 heterocycles. The molecule has 5 nitrogen and oxygen atoms in total. The van der Waals surface area contributed by atoms with Gasteiger partial charge in [0, 0.05) is 4.88 Å². The van der Waals surface area contributed by atoms with Gasteiger partial charge in [-0.3, -0.25) is 0 Å². The van der Waals surface area contributed by atoms with Crippen LogP contribution >= 0.6 is 40.4 Å². The third-order valence-corrected chi connectivity index (χ3v) is 7.02. The van der Waals surface area contributed by atoms with Gasteiger partial charge in [-0.15, -0.1) is 11.3 Å². The van der Waals surface area contributed by atoms with E-state index in [0.29, 0.717) is 34.0 Å². The van der Waals surface area contributed by atoms with E-state index in [4.69, 9.17) is 18.2 Å². The molecule has 0 aliphatic heterocycles. The van der Waals surface area contributed by atoms with Gasteiger partial charge in [-0.05, 0) is 13.0 Å². The van der Waals surface area contributed by atoms with Gasteiger partial charge in [0.25, 0.3) is 0 Å². The first-order valence-electron chi connectivity index (χ1n) is 4.29. The van der Waals surface area contributed by atoms with Crippen molar-refractivity contribution < 1.29 is 17.5 Å². The van der Waals surface area contributed by atoms with Crippen LogP contribution in [0.2, 0.25) is 0 Å². The summed E-state index contributed by atoms with van der Waals surface area (Å²) in [5.74, 6) is -2.93. The molecule has 0 bridgehead atoms. The van der Waals surface area contributed by atoms with Crippen LogP contribution in [0.5, 0.6) is 5.75 Å². The molecule has 17 heavy (non-hydrogen) atoms. The second kappa shape index (κ2) is 6.69. The summed E-state index contributed by atoms with van der Waals surface area (Å²) in [4.78, 5) is 1.30. The van der Waals surface area contributed by atoms with Gasteiger partial charge in [-0.1, -0.05) is 0 Å². The first kappa shape index (κ1) is 14.9. The minimum absolute atomic E-state index is 0.299. The third kappa shape index (κ3) is 4.21. The van der Waals surface area contributed by atoms with E-state index in [9.17, 15) is 4.57 Å². The summed E-state index contributed by atoms with van der Waals surface area (Å²) in [6.45, 7) is 1.84. The predicted molar refractivity (Wildman–Crippen MR) is 71.2 cm³/mol. The molecule has 0 amide bonds. The lowest BCUT2D eigenvalue weighted by Crippen LogP contribution is -1.87. The number of thiophene rings is 1. The molecule has 0 aliphatic carbocycles. The van der Waals surface area contributed by atoms with Crippen LogP contribution in [0.1, 0.15) is 9.75 Å². The fourth-order valence-electron chi connectivity index (χ4n) is 0.983. The Morgan fingerprint density at radius 2 is 2.00 bits per heavy atom. The molecule has 0 N–H and O–H groups in total. The zero-order valence-electron chi connectivity index (χ0n) is 9.33. The number of rotatable bonds is 6. The highest BCUT2D eigenvalue weighted by atomic mass is 33.1. The molecule has 0 fully saturated rings. The van der Waals surface area contributed by atoms with Crippen molar-refractivity contribution in [1.82, 2.24) is 0 Å². The van der Waals surface area contributed by atoms with Crippen LogP contribution in [0.15, 0.2) is 6.07 Å². The molecule has 0 saturated carbocycles. The van der Waals surface area contributed by atoms with Gasteiger partial charge in [-0.2, -0.15) is 5.26 Å². The molecule has 0 saturated heterocycles. The fraction of sp³-hybridized carbons (Fsp3) is 0.375. The summed E-state index contributed by atoms with van der Waals surface area (Å²) >= 11 is 2.67. The summed E-state index contributed by atoms with van der Waals surface area (Å²) in [5.41, 5.74) is 0. The molecule has 1 aromatic rings. The quantitative estimate of drug-likeness (QED) is 0.581. The number of nitriles is 1.